The Bertz CT molecular complexity index is 1630. The zero-order valence-corrected chi connectivity index (χ0v) is 19.5. The zero-order chi connectivity index (χ0) is 26.4. The molecular formula is C24H19F3N8O3. The predicted octanol–water partition coefficient (Wildman–Crippen LogP) is 3.66. The molecule has 0 aliphatic carbocycles. The van der Waals surface area contributed by atoms with Gasteiger partial charge in [-0.1, -0.05) is 12.1 Å². The summed E-state index contributed by atoms with van der Waals surface area (Å²) in [6, 6.07) is 10.5. The third-order valence-electron chi connectivity index (χ3n) is 5.88. The highest BCUT2D eigenvalue weighted by atomic mass is 19.4. The van der Waals surface area contributed by atoms with Crippen molar-refractivity contribution in [3.63, 3.8) is 0 Å². The molecule has 1 amide bonds. The van der Waals surface area contributed by atoms with Crippen molar-refractivity contribution in [3.05, 3.63) is 54.5 Å². The van der Waals surface area contributed by atoms with E-state index in [2.05, 4.69) is 25.4 Å². The van der Waals surface area contributed by atoms with Crippen LogP contribution in [0.1, 0.15) is 10.4 Å². The van der Waals surface area contributed by atoms with E-state index in [0.29, 0.717) is 58.5 Å². The number of alkyl halides is 3. The number of imidazole rings is 1. The van der Waals surface area contributed by atoms with E-state index in [1.807, 2.05) is 11.4 Å². The number of H-pyrrole nitrogens is 1. The Labute approximate surface area is 211 Å². The molecule has 194 valence electrons. The number of nitrogens with one attached hydrogen (secondary N) is 3. The number of nitrogen functional groups attached to an aromatic ring is 1. The summed E-state index contributed by atoms with van der Waals surface area (Å²) in [7, 11) is 0. The average Bonchev–Trinajstić information content (AvgIpc) is 3.47. The molecule has 0 saturated carbocycles. The molecule has 0 bridgehead atoms. The first-order valence-corrected chi connectivity index (χ1v) is 11.4. The topological polar surface area (TPSA) is 144 Å². The summed E-state index contributed by atoms with van der Waals surface area (Å²) in [5, 5.41) is 9.11. The second-order valence-electron chi connectivity index (χ2n) is 8.45. The highest BCUT2D eigenvalue weighted by molar-refractivity contribution is 6.07. The minimum Gasteiger partial charge on any atom is -0.486 e. The fraction of sp³-hybridized carbons (Fsp3) is 0.167. The number of ether oxygens (including phenoxy) is 2. The monoisotopic (exact) mass is 524 g/mol. The van der Waals surface area contributed by atoms with Crippen molar-refractivity contribution in [1.29, 1.82) is 0 Å². The summed E-state index contributed by atoms with van der Waals surface area (Å²) >= 11 is 0. The maximum Gasteiger partial charge on any atom is 0.405 e. The van der Waals surface area contributed by atoms with Crippen molar-refractivity contribution in [2.45, 2.75) is 6.18 Å². The van der Waals surface area contributed by atoms with Gasteiger partial charge in [-0.05, 0) is 17.7 Å². The van der Waals surface area contributed by atoms with Gasteiger partial charge in [-0.15, -0.1) is 0 Å². The molecule has 5 N–H and O–H groups in total. The number of amides is 1. The standard InChI is InChI=1S/C24H19F3N8O3/c25-24(26,27)10-29-22(36)14-9-35-20(21(28)30-11-31-35)19(14)12-1-3-13(4-2-12)32-23-33-15-7-17-18(8-16(15)34-23)38-6-5-37-17/h1-4,7-9,11H,5-6,10H2,(H,29,36)(H2,28,30,31)(H2,32,33,34). The van der Waals surface area contributed by atoms with Crippen molar-refractivity contribution < 1.29 is 27.4 Å². The molecule has 14 heteroatoms. The molecule has 0 fully saturated rings. The van der Waals surface area contributed by atoms with Gasteiger partial charge in [0.1, 0.15) is 31.6 Å². The smallest absolute Gasteiger partial charge is 0.405 e. The van der Waals surface area contributed by atoms with Crippen LogP contribution >= 0.6 is 0 Å². The Balaban J connectivity index is 1.31. The van der Waals surface area contributed by atoms with Crippen LogP contribution < -0.4 is 25.8 Å². The number of nitrogens with two attached hydrogens (primary N) is 1. The maximum absolute atomic E-state index is 12.7. The molecule has 3 aromatic heterocycles. The van der Waals surface area contributed by atoms with Crippen LogP contribution in [0.15, 0.2) is 48.9 Å². The number of halogens is 3. The summed E-state index contributed by atoms with van der Waals surface area (Å²) in [6.07, 6.45) is -2.04. The number of aromatic amines is 1. The SMILES string of the molecule is Nc1ncnn2cc(C(=O)NCC(F)(F)F)c(-c3ccc(Nc4nc5cc6c(cc5[nH]4)OCCO6)cc3)c12. The Morgan fingerprint density at radius 1 is 1.13 bits per heavy atom. The fourth-order valence-corrected chi connectivity index (χ4v) is 4.24. The first kappa shape index (κ1) is 23.4. The van der Waals surface area contributed by atoms with Crippen LogP contribution in [0.4, 0.5) is 30.6 Å². The number of nitrogens with zero attached hydrogens (tertiary/aromatic N) is 4. The van der Waals surface area contributed by atoms with Crippen molar-refractivity contribution in [3.8, 4) is 22.6 Å². The van der Waals surface area contributed by atoms with E-state index in [1.54, 1.807) is 30.3 Å². The van der Waals surface area contributed by atoms with E-state index in [4.69, 9.17) is 15.2 Å². The van der Waals surface area contributed by atoms with Gasteiger partial charge in [0.25, 0.3) is 5.91 Å². The van der Waals surface area contributed by atoms with Gasteiger partial charge in [0, 0.05) is 29.6 Å². The van der Waals surface area contributed by atoms with E-state index < -0.39 is 18.6 Å². The lowest BCUT2D eigenvalue weighted by Gasteiger charge is -2.17. The molecule has 1 aliphatic rings. The minimum atomic E-state index is -4.56. The second-order valence-corrected chi connectivity index (χ2v) is 8.45. The Hall–Kier alpha value is -5.01. The van der Waals surface area contributed by atoms with Crippen LogP contribution in [0.5, 0.6) is 11.5 Å². The lowest BCUT2D eigenvalue weighted by Crippen LogP contribution is -2.33. The summed E-state index contributed by atoms with van der Waals surface area (Å²) in [6.45, 7) is -0.522. The largest absolute Gasteiger partial charge is 0.486 e. The molecule has 5 aromatic rings. The first-order chi connectivity index (χ1) is 18.2. The van der Waals surface area contributed by atoms with Crippen LogP contribution in [0.25, 0.3) is 27.7 Å². The van der Waals surface area contributed by atoms with Gasteiger partial charge in [0.05, 0.1) is 16.6 Å². The van der Waals surface area contributed by atoms with Crippen LogP contribution in [-0.4, -0.2) is 56.4 Å². The van der Waals surface area contributed by atoms with Gasteiger partial charge in [0.2, 0.25) is 5.95 Å². The number of benzene rings is 2. The van der Waals surface area contributed by atoms with E-state index in [-0.39, 0.29) is 11.4 Å². The van der Waals surface area contributed by atoms with E-state index in [0.717, 1.165) is 5.52 Å². The number of aromatic nitrogens is 5. The highest BCUT2D eigenvalue weighted by Crippen LogP contribution is 2.36. The molecule has 2 aromatic carbocycles. The third kappa shape index (κ3) is 4.36. The molecule has 0 atom stereocenters. The van der Waals surface area contributed by atoms with E-state index in [1.165, 1.54) is 17.0 Å². The van der Waals surface area contributed by atoms with Gasteiger partial charge in [-0.2, -0.15) is 18.3 Å². The predicted molar refractivity (Wildman–Crippen MR) is 132 cm³/mol. The molecule has 0 unspecified atom stereocenters. The molecule has 0 spiro atoms. The molecular weight excluding hydrogens is 505 g/mol. The van der Waals surface area contributed by atoms with Gasteiger partial charge < -0.3 is 30.8 Å². The van der Waals surface area contributed by atoms with E-state index in [9.17, 15) is 18.0 Å². The number of fused-ring (bicyclic) bond motifs is 3. The Morgan fingerprint density at radius 3 is 2.61 bits per heavy atom. The van der Waals surface area contributed by atoms with Crippen LogP contribution in [0, 0.1) is 0 Å². The number of anilines is 3. The molecule has 38 heavy (non-hydrogen) atoms. The van der Waals surface area contributed by atoms with Crippen LogP contribution in [0.3, 0.4) is 0 Å². The number of carbonyl (C=O) groups is 1. The summed E-state index contributed by atoms with van der Waals surface area (Å²) in [4.78, 5) is 24.4. The Kier molecular flexibility index (Phi) is 5.43. The quantitative estimate of drug-likeness (QED) is 0.273. The van der Waals surface area contributed by atoms with Gasteiger partial charge in [0.15, 0.2) is 17.3 Å². The van der Waals surface area contributed by atoms with Gasteiger partial charge in [-0.3, -0.25) is 4.79 Å². The minimum absolute atomic E-state index is 0.0205. The zero-order valence-electron chi connectivity index (χ0n) is 19.5. The molecule has 6 rings (SSSR count). The molecule has 11 nitrogen and oxygen atoms in total. The average molecular weight is 524 g/mol. The second kappa shape index (κ2) is 8.83. The first-order valence-electron chi connectivity index (χ1n) is 11.4. The van der Waals surface area contributed by atoms with Crippen LogP contribution in [0.2, 0.25) is 0 Å². The summed E-state index contributed by atoms with van der Waals surface area (Å²) < 4.78 is 50.6. The number of hydrogen-bond acceptors (Lipinski definition) is 8. The Morgan fingerprint density at radius 2 is 1.87 bits per heavy atom. The molecule has 0 saturated heterocycles. The highest BCUT2D eigenvalue weighted by Gasteiger charge is 2.29. The van der Waals surface area contributed by atoms with Crippen molar-refractivity contribution in [2.24, 2.45) is 0 Å². The van der Waals surface area contributed by atoms with Gasteiger partial charge in [-0.25, -0.2) is 14.5 Å². The lowest BCUT2D eigenvalue weighted by molar-refractivity contribution is -0.123. The fourth-order valence-electron chi connectivity index (χ4n) is 4.24. The molecule has 1 aliphatic heterocycles. The van der Waals surface area contributed by atoms with Crippen LogP contribution in [-0.2, 0) is 0 Å². The number of carbonyl (C=O) groups excluding carboxylic acids is 1. The van der Waals surface area contributed by atoms with Crippen molar-refractivity contribution in [2.75, 3.05) is 30.8 Å². The third-order valence-corrected chi connectivity index (χ3v) is 5.88. The van der Waals surface area contributed by atoms with E-state index >= 15 is 0 Å². The molecule has 4 heterocycles. The summed E-state index contributed by atoms with van der Waals surface area (Å²) in [5.74, 6) is 0.910. The number of hydrogen-bond donors (Lipinski definition) is 4. The molecule has 0 radical (unpaired) electrons. The van der Waals surface area contributed by atoms with Crippen molar-refractivity contribution in [1.82, 2.24) is 29.9 Å². The summed E-state index contributed by atoms with van der Waals surface area (Å²) in [5.41, 5.74) is 9.28. The van der Waals surface area contributed by atoms with Gasteiger partial charge >= 0.3 is 6.18 Å². The lowest BCUT2D eigenvalue weighted by atomic mass is 10.0. The normalized spacial score (nSPS) is 13.1. The maximum atomic E-state index is 12.7. The number of rotatable bonds is 5. The van der Waals surface area contributed by atoms with Crippen molar-refractivity contribution >= 4 is 39.9 Å².